The van der Waals surface area contributed by atoms with Crippen molar-refractivity contribution >= 4 is 28.3 Å². The number of hydrogen-bond acceptors (Lipinski definition) is 3. The minimum absolute atomic E-state index is 0.148. The van der Waals surface area contributed by atoms with Gasteiger partial charge in [0, 0.05) is 15.2 Å². The van der Waals surface area contributed by atoms with Gasteiger partial charge in [-0.1, -0.05) is 6.07 Å². The maximum absolute atomic E-state index is 13.7. The summed E-state index contributed by atoms with van der Waals surface area (Å²) in [6, 6.07) is 10.4. The Morgan fingerprint density at radius 3 is 2.79 bits per heavy atom. The molecule has 0 saturated heterocycles. The minimum Gasteiger partial charge on any atom is -0.454 e. The molecule has 0 aliphatic carbocycles. The highest BCUT2D eigenvalue weighted by Crippen LogP contribution is 2.30. The van der Waals surface area contributed by atoms with E-state index >= 15 is 0 Å². The van der Waals surface area contributed by atoms with Crippen LogP contribution in [0.4, 0.5) is 10.1 Å². The predicted octanol–water partition coefficient (Wildman–Crippen LogP) is 4.24. The fraction of sp³-hybridized carbons (Fsp3) is 0.0769. The van der Waals surface area contributed by atoms with Crippen LogP contribution in [0, 0.1) is 32.5 Å². The van der Waals surface area contributed by atoms with E-state index in [4.69, 9.17) is 4.74 Å². The van der Waals surface area contributed by atoms with Gasteiger partial charge < -0.3 is 4.74 Å². The Balaban J connectivity index is 2.36. The maximum Gasteiger partial charge on any atom is 0.276 e. The molecule has 0 bridgehead atoms. The molecule has 0 N–H and O–H groups in total. The van der Waals surface area contributed by atoms with Gasteiger partial charge in [0.2, 0.25) is 0 Å². The number of rotatable bonds is 3. The number of nitro groups is 1. The van der Waals surface area contributed by atoms with Crippen LogP contribution in [0.25, 0.3) is 0 Å². The third-order valence-electron chi connectivity index (χ3n) is 2.38. The summed E-state index contributed by atoms with van der Waals surface area (Å²) in [5.41, 5.74) is -0.0838. The topological polar surface area (TPSA) is 52.4 Å². The number of ether oxygens (including phenoxy) is 1. The van der Waals surface area contributed by atoms with Gasteiger partial charge in [-0.2, -0.15) is 0 Å². The summed E-state index contributed by atoms with van der Waals surface area (Å²) in [4.78, 5) is 10.0. The van der Waals surface area contributed by atoms with Crippen LogP contribution in [0.5, 0.6) is 11.5 Å². The van der Waals surface area contributed by atoms with Crippen LogP contribution in [0.2, 0.25) is 0 Å². The molecule has 0 amide bonds. The number of halogens is 2. The zero-order valence-electron chi connectivity index (χ0n) is 9.81. The number of aryl methyl sites for hydroxylation is 1. The molecular formula is C13H8FINO3. The molecule has 0 unspecified atom stereocenters. The van der Waals surface area contributed by atoms with Crippen LogP contribution in [-0.4, -0.2) is 4.92 Å². The number of benzene rings is 2. The molecule has 2 rings (SSSR count). The second-order valence-electron chi connectivity index (χ2n) is 3.77. The minimum atomic E-state index is -0.809. The molecule has 0 spiro atoms. The fourth-order valence-corrected chi connectivity index (χ4v) is 2.01. The first-order valence-electron chi connectivity index (χ1n) is 5.27. The summed E-state index contributed by atoms with van der Waals surface area (Å²) in [6.45, 7) is 1.49. The van der Waals surface area contributed by atoms with Gasteiger partial charge in [0.25, 0.3) is 5.69 Å². The van der Waals surface area contributed by atoms with Gasteiger partial charge in [-0.05, 0) is 47.7 Å². The van der Waals surface area contributed by atoms with Crippen molar-refractivity contribution in [2.75, 3.05) is 0 Å². The lowest BCUT2D eigenvalue weighted by Gasteiger charge is -2.07. The van der Waals surface area contributed by atoms with Crippen molar-refractivity contribution in [1.29, 1.82) is 0 Å². The first-order valence-corrected chi connectivity index (χ1v) is 6.35. The largest absolute Gasteiger partial charge is 0.454 e. The Morgan fingerprint density at radius 2 is 2.16 bits per heavy atom. The van der Waals surface area contributed by atoms with Crippen molar-refractivity contribution in [2.45, 2.75) is 6.92 Å². The average Bonchev–Trinajstić information content (AvgIpc) is 2.33. The smallest absolute Gasteiger partial charge is 0.276 e. The number of hydrogen-bond donors (Lipinski definition) is 0. The quantitative estimate of drug-likeness (QED) is 0.460. The second kappa shape index (κ2) is 5.52. The Kier molecular flexibility index (Phi) is 3.98. The van der Waals surface area contributed by atoms with Gasteiger partial charge in [0.15, 0.2) is 11.6 Å². The van der Waals surface area contributed by atoms with Crippen LogP contribution in [0.15, 0.2) is 30.3 Å². The van der Waals surface area contributed by atoms with Gasteiger partial charge in [-0.15, -0.1) is 0 Å². The van der Waals surface area contributed by atoms with Crippen LogP contribution >= 0.6 is 22.6 Å². The lowest BCUT2D eigenvalue weighted by molar-refractivity contribution is -0.385. The highest BCUT2D eigenvalue weighted by molar-refractivity contribution is 14.1. The van der Waals surface area contributed by atoms with E-state index in [1.807, 2.05) is 6.07 Å². The maximum atomic E-state index is 13.7. The molecule has 0 aliphatic rings. The molecular weight excluding hydrogens is 364 g/mol. The molecule has 0 heterocycles. The van der Waals surface area contributed by atoms with Crippen molar-refractivity contribution in [1.82, 2.24) is 0 Å². The van der Waals surface area contributed by atoms with E-state index in [1.54, 1.807) is 18.2 Å². The molecule has 2 aromatic carbocycles. The van der Waals surface area contributed by atoms with Gasteiger partial charge in [-0.25, -0.2) is 4.39 Å². The Hall–Kier alpha value is -1.70. The van der Waals surface area contributed by atoms with E-state index in [1.165, 1.54) is 6.92 Å². The molecule has 6 heteroatoms. The van der Waals surface area contributed by atoms with E-state index in [9.17, 15) is 14.5 Å². The predicted molar refractivity (Wildman–Crippen MR) is 75.9 cm³/mol. The molecule has 0 saturated carbocycles. The first-order chi connectivity index (χ1) is 8.97. The molecule has 4 nitrogen and oxygen atoms in total. The lowest BCUT2D eigenvalue weighted by atomic mass is 10.2. The van der Waals surface area contributed by atoms with Crippen molar-refractivity contribution in [3.8, 4) is 11.5 Å². The first kappa shape index (κ1) is 13.7. The van der Waals surface area contributed by atoms with Gasteiger partial charge in [0.05, 0.1) is 11.0 Å². The zero-order chi connectivity index (χ0) is 14.0. The zero-order valence-corrected chi connectivity index (χ0v) is 12.0. The highest BCUT2D eigenvalue weighted by atomic mass is 127. The fourth-order valence-electron chi connectivity index (χ4n) is 1.50. The standard InChI is InChI=1S/C13H8FINO3/c1-8-5-13(11(14)7-12(8)16(17)18)19-10-4-2-3-9(15)6-10/h2-4,6-7H,1H3. The molecule has 2 aromatic rings. The SMILES string of the molecule is Cc1[c]c(Oc2cccc(I)c2)c(F)cc1[N+](=O)[O-]. The Morgan fingerprint density at radius 1 is 1.42 bits per heavy atom. The molecule has 0 fully saturated rings. The van der Waals surface area contributed by atoms with E-state index in [2.05, 4.69) is 28.7 Å². The second-order valence-corrected chi connectivity index (χ2v) is 5.02. The highest BCUT2D eigenvalue weighted by Gasteiger charge is 2.17. The summed E-state index contributed by atoms with van der Waals surface area (Å²) >= 11 is 2.10. The lowest BCUT2D eigenvalue weighted by Crippen LogP contribution is -1.96. The van der Waals surface area contributed by atoms with Crippen LogP contribution < -0.4 is 4.74 Å². The molecule has 19 heavy (non-hydrogen) atoms. The van der Waals surface area contributed by atoms with Gasteiger partial charge in [0.1, 0.15) is 5.75 Å². The monoisotopic (exact) mass is 372 g/mol. The summed E-state index contributed by atoms with van der Waals surface area (Å²) < 4.78 is 20.0. The van der Waals surface area contributed by atoms with Crippen molar-refractivity contribution < 1.29 is 14.1 Å². The van der Waals surface area contributed by atoms with Crippen molar-refractivity contribution in [2.24, 2.45) is 0 Å². The summed E-state index contributed by atoms with van der Waals surface area (Å²) in [5.74, 6) is -0.503. The van der Waals surface area contributed by atoms with Crippen LogP contribution in [0.3, 0.4) is 0 Å². The summed E-state index contributed by atoms with van der Waals surface area (Å²) in [6.07, 6.45) is 0. The van der Waals surface area contributed by atoms with E-state index in [0.29, 0.717) is 5.75 Å². The number of nitrogens with zero attached hydrogens (tertiary/aromatic N) is 1. The normalized spacial score (nSPS) is 10.3. The molecule has 0 aromatic heterocycles. The summed E-state index contributed by atoms with van der Waals surface area (Å²) in [5, 5.41) is 10.7. The Labute approximate surface area is 122 Å². The van der Waals surface area contributed by atoms with Crippen LogP contribution in [0.1, 0.15) is 5.56 Å². The third kappa shape index (κ3) is 3.19. The van der Waals surface area contributed by atoms with E-state index in [-0.39, 0.29) is 17.0 Å². The number of nitro benzene ring substituents is 1. The van der Waals surface area contributed by atoms with Crippen LogP contribution in [-0.2, 0) is 0 Å². The molecule has 1 radical (unpaired) electrons. The van der Waals surface area contributed by atoms with Gasteiger partial charge in [-0.3, -0.25) is 10.1 Å². The Bertz CT molecular complexity index is 646. The van der Waals surface area contributed by atoms with Crippen molar-refractivity contribution in [3.63, 3.8) is 0 Å². The average molecular weight is 372 g/mol. The third-order valence-corrected chi connectivity index (χ3v) is 3.05. The molecule has 97 valence electrons. The molecule has 0 atom stereocenters. The van der Waals surface area contributed by atoms with Gasteiger partial charge >= 0.3 is 0 Å². The molecule has 0 aliphatic heterocycles. The van der Waals surface area contributed by atoms with E-state index < -0.39 is 10.7 Å². The summed E-state index contributed by atoms with van der Waals surface area (Å²) in [7, 11) is 0. The van der Waals surface area contributed by atoms with E-state index in [0.717, 1.165) is 9.64 Å². The van der Waals surface area contributed by atoms with Crippen molar-refractivity contribution in [3.05, 3.63) is 61.5 Å².